The minimum Gasteiger partial charge on any atom is -0.341 e. The second-order valence-electron chi connectivity index (χ2n) is 8.09. The van der Waals surface area contributed by atoms with Gasteiger partial charge in [-0.15, -0.1) is 0 Å². The fourth-order valence-corrected chi connectivity index (χ4v) is 3.92. The number of piperidine rings is 1. The van der Waals surface area contributed by atoms with Gasteiger partial charge in [-0.25, -0.2) is 0 Å². The minimum atomic E-state index is -0.357. The summed E-state index contributed by atoms with van der Waals surface area (Å²) in [7, 11) is 0. The lowest BCUT2D eigenvalue weighted by Crippen LogP contribution is -2.50. The van der Waals surface area contributed by atoms with Crippen molar-refractivity contribution in [3.05, 3.63) is 35.4 Å². The summed E-state index contributed by atoms with van der Waals surface area (Å²) >= 11 is 0. The zero-order valence-electron chi connectivity index (χ0n) is 17.0. The highest BCUT2D eigenvalue weighted by Gasteiger charge is 2.31. The van der Waals surface area contributed by atoms with E-state index in [4.69, 9.17) is 11.5 Å². The van der Waals surface area contributed by atoms with E-state index in [1.54, 1.807) is 24.3 Å². The van der Waals surface area contributed by atoms with Gasteiger partial charge >= 0.3 is 0 Å². The van der Waals surface area contributed by atoms with Crippen LogP contribution in [-0.4, -0.2) is 48.0 Å². The Labute approximate surface area is 167 Å². The van der Waals surface area contributed by atoms with E-state index in [0.717, 1.165) is 19.3 Å². The summed E-state index contributed by atoms with van der Waals surface area (Å²) in [6, 6.07) is 6.64. The zero-order valence-corrected chi connectivity index (χ0v) is 17.0. The number of Topliss-reactive ketones (excluding diaryl/α,β-unsaturated/α-hetero) is 2. The molecule has 1 heterocycles. The lowest BCUT2D eigenvalue weighted by molar-refractivity contribution is -0.137. The molecule has 1 amide bonds. The quantitative estimate of drug-likeness (QED) is 0.500. The van der Waals surface area contributed by atoms with Crippen LogP contribution in [0.3, 0.4) is 0 Å². The Balaban J connectivity index is 2.09. The number of hydrogen-bond donors (Lipinski definition) is 2. The van der Waals surface area contributed by atoms with Gasteiger partial charge in [-0.2, -0.15) is 0 Å². The van der Waals surface area contributed by atoms with Crippen molar-refractivity contribution in [1.29, 1.82) is 0 Å². The van der Waals surface area contributed by atoms with Gasteiger partial charge in [-0.1, -0.05) is 37.6 Å². The van der Waals surface area contributed by atoms with E-state index < -0.39 is 0 Å². The Hall–Kier alpha value is -2.05. The van der Waals surface area contributed by atoms with Crippen LogP contribution in [0.2, 0.25) is 0 Å². The van der Waals surface area contributed by atoms with Crippen LogP contribution in [0.15, 0.2) is 24.3 Å². The van der Waals surface area contributed by atoms with E-state index >= 15 is 0 Å². The molecule has 1 aromatic carbocycles. The summed E-state index contributed by atoms with van der Waals surface area (Å²) in [6.45, 7) is 5.42. The van der Waals surface area contributed by atoms with Crippen LogP contribution in [0.1, 0.15) is 66.7 Å². The molecule has 1 fully saturated rings. The number of likely N-dealkylation sites (tertiary alicyclic amines) is 1. The first-order valence-electron chi connectivity index (χ1n) is 10.2. The van der Waals surface area contributed by atoms with E-state index in [0.29, 0.717) is 43.1 Å². The molecule has 1 saturated heterocycles. The first-order valence-corrected chi connectivity index (χ1v) is 10.2. The number of unbranched alkanes of at least 4 members (excludes halogenated alkanes) is 1. The molecule has 6 nitrogen and oxygen atoms in total. The number of amides is 1. The number of rotatable bonds is 9. The third-order valence-electron chi connectivity index (χ3n) is 5.40. The van der Waals surface area contributed by atoms with Crippen molar-refractivity contribution in [1.82, 2.24) is 4.90 Å². The highest BCUT2D eigenvalue weighted by atomic mass is 16.2. The summed E-state index contributed by atoms with van der Waals surface area (Å²) in [5, 5.41) is 0. The van der Waals surface area contributed by atoms with Gasteiger partial charge in [0.25, 0.3) is 0 Å². The van der Waals surface area contributed by atoms with Gasteiger partial charge in [-0.05, 0) is 38.6 Å². The van der Waals surface area contributed by atoms with Crippen molar-refractivity contribution in [2.75, 3.05) is 19.6 Å². The van der Waals surface area contributed by atoms with E-state index in [9.17, 15) is 14.4 Å². The van der Waals surface area contributed by atoms with Crippen molar-refractivity contribution in [3.8, 4) is 0 Å². The second-order valence-corrected chi connectivity index (χ2v) is 8.09. The molecule has 1 aromatic rings. The molecule has 0 bridgehead atoms. The average Bonchev–Trinajstić information content (AvgIpc) is 2.66. The topological polar surface area (TPSA) is 106 Å². The molecule has 28 heavy (non-hydrogen) atoms. The SMILES string of the molecule is CC(=O)c1ccc(C(=O)C[C@@H](CCCCN)C(=O)N2C[C@@H](C)C[C@@H](N)C2)cc1. The summed E-state index contributed by atoms with van der Waals surface area (Å²) in [6.07, 6.45) is 3.39. The van der Waals surface area contributed by atoms with Crippen LogP contribution in [0.4, 0.5) is 0 Å². The summed E-state index contributed by atoms with van der Waals surface area (Å²) in [5.74, 6) is -0.0797. The lowest BCUT2D eigenvalue weighted by atomic mass is 9.89. The number of hydrogen-bond acceptors (Lipinski definition) is 5. The number of carbonyl (C=O) groups is 3. The fraction of sp³-hybridized carbons (Fsp3) is 0.591. The number of carbonyl (C=O) groups excluding carboxylic acids is 3. The smallest absolute Gasteiger partial charge is 0.226 e. The number of nitrogens with zero attached hydrogens (tertiary/aromatic N) is 1. The molecule has 0 aliphatic carbocycles. The van der Waals surface area contributed by atoms with Crippen LogP contribution in [0, 0.1) is 11.8 Å². The van der Waals surface area contributed by atoms with Crippen LogP contribution in [0.5, 0.6) is 0 Å². The van der Waals surface area contributed by atoms with Crippen LogP contribution >= 0.6 is 0 Å². The maximum Gasteiger partial charge on any atom is 0.226 e. The summed E-state index contributed by atoms with van der Waals surface area (Å²) in [5.41, 5.74) is 12.8. The van der Waals surface area contributed by atoms with Gasteiger partial charge in [0, 0.05) is 42.6 Å². The zero-order chi connectivity index (χ0) is 20.7. The Morgan fingerprint density at radius 3 is 2.32 bits per heavy atom. The van der Waals surface area contributed by atoms with Gasteiger partial charge in [0.15, 0.2) is 11.6 Å². The molecule has 6 heteroatoms. The number of ketones is 2. The van der Waals surface area contributed by atoms with Crippen molar-refractivity contribution < 1.29 is 14.4 Å². The predicted octanol–water partition coefficient (Wildman–Crippen LogP) is 2.40. The minimum absolute atomic E-state index is 0.00721. The monoisotopic (exact) mass is 387 g/mol. The molecular weight excluding hydrogens is 354 g/mol. The van der Waals surface area contributed by atoms with E-state index in [-0.39, 0.29) is 35.9 Å². The average molecular weight is 388 g/mol. The van der Waals surface area contributed by atoms with Gasteiger partial charge < -0.3 is 16.4 Å². The summed E-state index contributed by atoms with van der Waals surface area (Å²) in [4.78, 5) is 39.2. The van der Waals surface area contributed by atoms with Crippen molar-refractivity contribution in [2.45, 2.75) is 52.0 Å². The number of nitrogens with two attached hydrogens (primary N) is 2. The first-order chi connectivity index (χ1) is 13.3. The molecule has 2 rings (SSSR count). The third kappa shape index (κ3) is 6.24. The Morgan fingerprint density at radius 2 is 1.75 bits per heavy atom. The molecule has 1 aliphatic rings. The Kier molecular flexibility index (Phi) is 8.33. The lowest BCUT2D eigenvalue weighted by Gasteiger charge is -2.36. The molecule has 0 radical (unpaired) electrons. The van der Waals surface area contributed by atoms with E-state index in [1.807, 2.05) is 4.90 Å². The molecule has 0 spiro atoms. The first kappa shape index (κ1) is 22.2. The molecule has 154 valence electrons. The Morgan fingerprint density at radius 1 is 1.11 bits per heavy atom. The highest BCUT2D eigenvalue weighted by Crippen LogP contribution is 2.23. The van der Waals surface area contributed by atoms with Crippen LogP contribution < -0.4 is 11.5 Å². The molecule has 4 N–H and O–H groups in total. The van der Waals surface area contributed by atoms with Gasteiger partial charge in [0.2, 0.25) is 5.91 Å². The van der Waals surface area contributed by atoms with E-state index in [2.05, 4.69) is 6.92 Å². The van der Waals surface area contributed by atoms with Crippen molar-refractivity contribution in [2.24, 2.45) is 23.3 Å². The standard InChI is InChI=1S/C22H33N3O3/c1-15-11-20(24)14-25(13-15)22(28)19(5-3-4-10-23)12-21(27)18-8-6-17(7-9-18)16(2)26/h6-9,15,19-20H,3-5,10-14,23-24H2,1-2H3/t15-,19+,20+/m0/s1. The highest BCUT2D eigenvalue weighted by molar-refractivity contribution is 6.00. The summed E-state index contributed by atoms with van der Waals surface area (Å²) < 4.78 is 0. The molecular formula is C22H33N3O3. The van der Waals surface area contributed by atoms with Gasteiger partial charge in [0.05, 0.1) is 0 Å². The predicted molar refractivity (Wildman–Crippen MR) is 110 cm³/mol. The number of benzene rings is 1. The van der Waals surface area contributed by atoms with E-state index in [1.165, 1.54) is 6.92 Å². The maximum absolute atomic E-state index is 13.1. The van der Waals surface area contributed by atoms with Crippen LogP contribution in [0.25, 0.3) is 0 Å². The second kappa shape index (κ2) is 10.5. The Bertz CT molecular complexity index is 677. The van der Waals surface area contributed by atoms with Crippen molar-refractivity contribution >= 4 is 17.5 Å². The third-order valence-corrected chi connectivity index (χ3v) is 5.40. The van der Waals surface area contributed by atoms with Gasteiger partial charge in [0.1, 0.15) is 0 Å². The van der Waals surface area contributed by atoms with Gasteiger partial charge in [-0.3, -0.25) is 14.4 Å². The molecule has 0 saturated carbocycles. The normalized spacial score (nSPS) is 20.6. The maximum atomic E-state index is 13.1. The molecule has 0 aromatic heterocycles. The molecule has 1 aliphatic heterocycles. The van der Waals surface area contributed by atoms with Crippen molar-refractivity contribution in [3.63, 3.8) is 0 Å². The fourth-order valence-electron chi connectivity index (χ4n) is 3.92. The molecule has 3 atom stereocenters. The largest absolute Gasteiger partial charge is 0.341 e. The van der Waals surface area contributed by atoms with Crippen LogP contribution in [-0.2, 0) is 4.79 Å². The molecule has 0 unspecified atom stereocenters.